The zero-order valence-corrected chi connectivity index (χ0v) is 10.7. The number of epoxide rings is 1. The van der Waals surface area contributed by atoms with Crippen molar-refractivity contribution >= 4 is 6.20 Å². The normalized spacial score (nSPS) is 25.9. The molecule has 1 aliphatic rings. The molecule has 1 N–H and O–H groups in total. The Labute approximate surface area is 102 Å². The highest BCUT2D eigenvalue weighted by molar-refractivity contribution is 5.26. The second kappa shape index (κ2) is 3.81. The fraction of sp³-hybridized carbons (Fsp3) is 0.545. The Balaban J connectivity index is 2.78. The van der Waals surface area contributed by atoms with Gasteiger partial charge >= 0.3 is 17.1 Å². The monoisotopic (exact) mass is 253 g/mol. The van der Waals surface area contributed by atoms with E-state index < -0.39 is 22.8 Å². The molecule has 2 heterocycles. The summed E-state index contributed by atoms with van der Waals surface area (Å²) in [6, 6.07) is 0. The summed E-state index contributed by atoms with van der Waals surface area (Å²) in [7, 11) is 0. The van der Waals surface area contributed by atoms with Crippen LogP contribution >= 0.6 is 0 Å². The van der Waals surface area contributed by atoms with E-state index in [1.54, 1.807) is 27.7 Å². The van der Waals surface area contributed by atoms with Crippen molar-refractivity contribution in [3.05, 3.63) is 37.0 Å². The maximum atomic E-state index is 12.2. The van der Waals surface area contributed by atoms with Gasteiger partial charge in [-0.2, -0.15) is 0 Å². The van der Waals surface area contributed by atoms with Gasteiger partial charge in [0.15, 0.2) is 5.72 Å². The molecular weight excluding hydrogens is 238 g/mol. The zero-order valence-electron chi connectivity index (χ0n) is 10.7. The average Bonchev–Trinajstić information content (AvgIpc) is 2.81. The highest BCUT2D eigenvalue weighted by atomic mass is 16.6. The van der Waals surface area contributed by atoms with Gasteiger partial charge in [0.05, 0.1) is 0 Å². The SMILES string of the molecule is CC(C)=Cn1c(=O)[nH]c(=O)n(C2(C)OC2C)c1=O. The van der Waals surface area contributed by atoms with Crippen LogP contribution in [0.5, 0.6) is 0 Å². The number of allylic oxidation sites excluding steroid dienone is 1. The van der Waals surface area contributed by atoms with Crippen LogP contribution in [-0.2, 0) is 10.5 Å². The Morgan fingerprint density at radius 1 is 1.33 bits per heavy atom. The summed E-state index contributed by atoms with van der Waals surface area (Å²) in [6.07, 6.45) is 1.14. The standard InChI is InChI=1S/C11H15N3O4/c1-6(2)5-13-8(15)12-9(16)14(10(13)17)11(4)7(3)18-11/h5,7H,1-4H3,(H,12,15,16). The van der Waals surface area contributed by atoms with E-state index in [0.29, 0.717) is 0 Å². The summed E-state index contributed by atoms with van der Waals surface area (Å²) in [4.78, 5) is 37.6. The third-order valence-corrected chi connectivity index (χ3v) is 2.98. The minimum Gasteiger partial charge on any atom is -0.345 e. The van der Waals surface area contributed by atoms with Crippen LogP contribution in [0.4, 0.5) is 0 Å². The first-order chi connectivity index (χ1) is 8.27. The number of rotatable bonds is 2. The zero-order chi connectivity index (χ0) is 13.7. The van der Waals surface area contributed by atoms with Gasteiger partial charge in [0.1, 0.15) is 6.10 Å². The van der Waals surface area contributed by atoms with Gasteiger partial charge < -0.3 is 4.74 Å². The molecule has 98 valence electrons. The van der Waals surface area contributed by atoms with Crippen molar-refractivity contribution in [2.45, 2.75) is 39.5 Å². The van der Waals surface area contributed by atoms with Gasteiger partial charge in [0.2, 0.25) is 0 Å². The summed E-state index contributed by atoms with van der Waals surface area (Å²) in [5.41, 5.74) is -2.41. The molecule has 7 heteroatoms. The lowest BCUT2D eigenvalue weighted by molar-refractivity contribution is 0.225. The molecule has 2 unspecified atom stereocenters. The van der Waals surface area contributed by atoms with Crippen molar-refractivity contribution in [1.29, 1.82) is 0 Å². The Bertz CT molecular complexity index is 689. The first-order valence-corrected chi connectivity index (χ1v) is 5.58. The minimum atomic E-state index is -0.977. The van der Waals surface area contributed by atoms with Crippen LogP contribution in [0, 0.1) is 0 Å². The molecule has 0 spiro atoms. The molecule has 0 amide bonds. The molecule has 0 aromatic carbocycles. The van der Waals surface area contributed by atoms with E-state index in [1.165, 1.54) is 6.20 Å². The summed E-state index contributed by atoms with van der Waals surface area (Å²) in [5, 5.41) is 0. The molecule has 18 heavy (non-hydrogen) atoms. The number of hydrogen-bond donors (Lipinski definition) is 1. The molecule has 2 rings (SSSR count). The Kier molecular flexibility index (Phi) is 2.66. The molecule has 0 aliphatic carbocycles. The maximum Gasteiger partial charge on any atom is 0.342 e. The first kappa shape index (κ1) is 12.6. The van der Waals surface area contributed by atoms with Gasteiger partial charge in [-0.05, 0) is 27.7 Å². The van der Waals surface area contributed by atoms with Crippen molar-refractivity contribution in [3.63, 3.8) is 0 Å². The van der Waals surface area contributed by atoms with E-state index in [2.05, 4.69) is 4.98 Å². The number of nitrogens with zero attached hydrogens (tertiary/aromatic N) is 2. The van der Waals surface area contributed by atoms with E-state index in [9.17, 15) is 14.4 Å². The van der Waals surface area contributed by atoms with E-state index in [0.717, 1.165) is 14.7 Å². The summed E-state index contributed by atoms with van der Waals surface area (Å²) in [5.74, 6) is 0. The summed E-state index contributed by atoms with van der Waals surface area (Å²) < 4.78 is 7.06. The molecular formula is C11H15N3O4. The summed E-state index contributed by atoms with van der Waals surface area (Å²) in [6.45, 7) is 6.88. The van der Waals surface area contributed by atoms with Gasteiger partial charge in [-0.1, -0.05) is 5.57 Å². The molecule has 0 saturated carbocycles. The van der Waals surface area contributed by atoms with Crippen molar-refractivity contribution in [2.75, 3.05) is 0 Å². The van der Waals surface area contributed by atoms with E-state index in [-0.39, 0.29) is 6.10 Å². The lowest BCUT2D eigenvalue weighted by Crippen LogP contribution is -2.52. The topological polar surface area (TPSA) is 89.4 Å². The van der Waals surface area contributed by atoms with Crippen LogP contribution in [0.1, 0.15) is 27.7 Å². The van der Waals surface area contributed by atoms with Gasteiger partial charge in [-0.25, -0.2) is 23.5 Å². The van der Waals surface area contributed by atoms with E-state index >= 15 is 0 Å². The second-order valence-electron chi connectivity index (χ2n) is 4.74. The maximum absolute atomic E-state index is 12.2. The average molecular weight is 253 g/mol. The van der Waals surface area contributed by atoms with Gasteiger partial charge in [0, 0.05) is 6.20 Å². The summed E-state index contributed by atoms with van der Waals surface area (Å²) >= 11 is 0. The van der Waals surface area contributed by atoms with Crippen molar-refractivity contribution in [1.82, 2.24) is 14.1 Å². The number of aromatic nitrogens is 3. The van der Waals surface area contributed by atoms with Gasteiger partial charge in [-0.15, -0.1) is 0 Å². The lowest BCUT2D eigenvalue weighted by atomic mass is 10.2. The fourth-order valence-corrected chi connectivity index (χ4v) is 1.81. The van der Waals surface area contributed by atoms with Crippen LogP contribution < -0.4 is 17.1 Å². The number of ether oxygens (including phenoxy) is 1. The molecule has 1 aliphatic heterocycles. The predicted octanol–water partition coefficient (Wildman–Crippen LogP) is -0.330. The van der Waals surface area contributed by atoms with Crippen LogP contribution in [0.25, 0.3) is 6.20 Å². The molecule has 1 saturated heterocycles. The highest BCUT2D eigenvalue weighted by Gasteiger charge is 2.53. The Morgan fingerprint density at radius 3 is 2.33 bits per heavy atom. The lowest BCUT2D eigenvalue weighted by Gasteiger charge is -2.10. The fourth-order valence-electron chi connectivity index (χ4n) is 1.81. The minimum absolute atomic E-state index is 0.242. The molecule has 1 aromatic rings. The number of hydrogen-bond acceptors (Lipinski definition) is 4. The van der Waals surface area contributed by atoms with Crippen molar-refractivity contribution in [3.8, 4) is 0 Å². The highest BCUT2D eigenvalue weighted by Crippen LogP contribution is 2.38. The van der Waals surface area contributed by atoms with Gasteiger partial charge in [0.25, 0.3) is 0 Å². The van der Waals surface area contributed by atoms with Crippen molar-refractivity contribution < 1.29 is 4.74 Å². The predicted molar refractivity (Wildman–Crippen MR) is 65.4 cm³/mol. The van der Waals surface area contributed by atoms with Crippen LogP contribution in [0.2, 0.25) is 0 Å². The Morgan fingerprint density at radius 2 is 1.89 bits per heavy atom. The second-order valence-corrected chi connectivity index (χ2v) is 4.74. The largest absolute Gasteiger partial charge is 0.345 e. The van der Waals surface area contributed by atoms with Crippen LogP contribution in [0.15, 0.2) is 20.0 Å². The smallest absolute Gasteiger partial charge is 0.342 e. The quantitative estimate of drug-likeness (QED) is 0.731. The molecule has 0 bridgehead atoms. The van der Waals surface area contributed by atoms with E-state index in [4.69, 9.17) is 4.74 Å². The van der Waals surface area contributed by atoms with E-state index in [1.807, 2.05) is 0 Å². The van der Waals surface area contributed by atoms with Crippen LogP contribution in [0.3, 0.4) is 0 Å². The molecule has 1 aromatic heterocycles. The molecule has 7 nitrogen and oxygen atoms in total. The number of aromatic amines is 1. The molecule has 2 atom stereocenters. The molecule has 1 fully saturated rings. The Hall–Kier alpha value is -1.89. The number of H-pyrrole nitrogens is 1. The number of nitrogens with one attached hydrogen (secondary N) is 1. The van der Waals surface area contributed by atoms with Gasteiger partial charge in [-0.3, -0.25) is 4.98 Å². The molecule has 0 radical (unpaired) electrons. The first-order valence-electron chi connectivity index (χ1n) is 5.58. The third kappa shape index (κ3) is 1.76. The van der Waals surface area contributed by atoms with Crippen molar-refractivity contribution in [2.24, 2.45) is 0 Å². The third-order valence-electron chi connectivity index (χ3n) is 2.98. The van der Waals surface area contributed by atoms with Crippen LogP contribution in [-0.4, -0.2) is 20.2 Å².